The predicted molar refractivity (Wildman–Crippen MR) is 78.8 cm³/mol. The SMILES string of the molecule is [CH2]C(N)S(=O)(=O)c1cccc2c(N(C)C)cccc12. The lowest BCUT2D eigenvalue weighted by Crippen LogP contribution is -2.27. The smallest absolute Gasteiger partial charge is 0.194 e. The summed E-state index contributed by atoms with van der Waals surface area (Å²) in [6.45, 7) is 3.43. The van der Waals surface area contributed by atoms with Crippen LogP contribution in [0.15, 0.2) is 41.3 Å². The Morgan fingerprint density at radius 3 is 2.26 bits per heavy atom. The van der Waals surface area contributed by atoms with E-state index in [1.165, 1.54) is 0 Å². The molecule has 2 rings (SSSR count). The highest BCUT2D eigenvalue weighted by atomic mass is 32.2. The molecule has 0 aromatic heterocycles. The van der Waals surface area contributed by atoms with Crippen molar-refractivity contribution in [3.05, 3.63) is 43.3 Å². The number of nitrogens with zero attached hydrogens (tertiary/aromatic N) is 1. The molecule has 19 heavy (non-hydrogen) atoms. The number of anilines is 1. The lowest BCUT2D eigenvalue weighted by Gasteiger charge is -2.17. The maximum Gasteiger partial charge on any atom is 0.194 e. The average molecular weight is 277 g/mol. The Morgan fingerprint density at radius 1 is 1.11 bits per heavy atom. The summed E-state index contributed by atoms with van der Waals surface area (Å²) in [5, 5.41) is 0.392. The molecule has 0 saturated carbocycles. The van der Waals surface area contributed by atoms with Gasteiger partial charge in [0.1, 0.15) is 5.37 Å². The summed E-state index contributed by atoms with van der Waals surface area (Å²) in [5.41, 5.74) is 6.45. The summed E-state index contributed by atoms with van der Waals surface area (Å²) >= 11 is 0. The van der Waals surface area contributed by atoms with Gasteiger partial charge in [-0.3, -0.25) is 0 Å². The molecule has 2 aromatic carbocycles. The minimum atomic E-state index is -3.60. The summed E-state index contributed by atoms with van der Waals surface area (Å²) in [4.78, 5) is 2.18. The molecule has 0 fully saturated rings. The minimum absolute atomic E-state index is 0.233. The lowest BCUT2D eigenvalue weighted by molar-refractivity contribution is 0.590. The maximum absolute atomic E-state index is 12.2. The van der Waals surface area contributed by atoms with Crippen LogP contribution in [0, 0.1) is 6.92 Å². The van der Waals surface area contributed by atoms with Gasteiger partial charge in [0.05, 0.1) is 4.90 Å². The van der Waals surface area contributed by atoms with Crippen LogP contribution in [-0.4, -0.2) is 27.9 Å². The standard InChI is InChI=1S/C14H17N2O2S/c1-10(15)19(17,18)14-9-5-6-11-12(14)7-4-8-13(11)16(2)3/h4-10H,1,15H2,2-3H3. The third-order valence-corrected chi connectivity index (χ3v) is 4.81. The fraction of sp³-hybridized carbons (Fsp3) is 0.214. The fourth-order valence-corrected chi connectivity index (χ4v) is 3.14. The molecule has 0 spiro atoms. The molecule has 1 radical (unpaired) electrons. The van der Waals surface area contributed by atoms with Crippen LogP contribution < -0.4 is 10.6 Å². The third kappa shape index (κ3) is 2.31. The van der Waals surface area contributed by atoms with Crippen LogP contribution in [0.1, 0.15) is 0 Å². The second-order valence-corrected chi connectivity index (χ2v) is 6.74. The molecule has 0 aliphatic rings. The molecule has 2 N–H and O–H groups in total. The first-order valence-electron chi connectivity index (χ1n) is 5.87. The Balaban J connectivity index is 2.83. The van der Waals surface area contributed by atoms with Crippen LogP contribution in [0.3, 0.4) is 0 Å². The van der Waals surface area contributed by atoms with Gasteiger partial charge in [0.25, 0.3) is 0 Å². The van der Waals surface area contributed by atoms with Gasteiger partial charge in [-0.1, -0.05) is 24.3 Å². The van der Waals surface area contributed by atoms with E-state index in [-0.39, 0.29) is 4.90 Å². The first-order valence-corrected chi connectivity index (χ1v) is 7.42. The van der Waals surface area contributed by atoms with Gasteiger partial charge in [-0.15, -0.1) is 0 Å². The first-order chi connectivity index (χ1) is 8.85. The number of benzene rings is 2. The number of nitrogens with two attached hydrogens (primary N) is 1. The Labute approximate surface area is 113 Å². The van der Waals surface area contributed by atoms with Crippen LogP contribution >= 0.6 is 0 Å². The van der Waals surface area contributed by atoms with E-state index in [9.17, 15) is 8.42 Å². The number of sulfone groups is 1. The molecule has 5 heteroatoms. The van der Waals surface area contributed by atoms with Crippen molar-refractivity contribution in [1.29, 1.82) is 0 Å². The Morgan fingerprint density at radius 2 is 1.68 bits per heavy atom. The van der Waals surface area contributed by atoms with E-state index in [1.54, 1.807) is 18.2 Å². The Bertz CT molecular complexity index is 706. The van der Waals surface area contributed by atoms with Gasteiger partial charge in [0, 0.05) is 30.6 Å². The van der Waals surface area contributed by atoms with E-state index in [0.717, 1.165) is 11.1 Å². The fourth-order valence-electron chi connectivity index (χ4n) is 2.07. The van der Waals surface area contributed by atoms with Crippen LogP contribution in [0.5, 0.6) is 0 Å². The zero-order valence-electron chi connectivity index (χ0n) is 11.0. The topological polar surface area (TPSA) is 63.4 Å². The monoisotopic (exact) mass is 277 g/mol. The summed E-state index contributed by atoms with van der Waals surface area (Å²) in [6, 6.07) is 10.8. The Hall–Kier alpha value is -1.59. The summed E-state index contributed by atoms with van der Waals surface area (Å²) in [5.74, 6) is 0. The maximum atomic E-state index is 12.2. The van der Waals surface area contributed by atoms with E-state index in [2.05, 4.69) is 6.92 Å². The zero-order chi connectivity index (χ0) is 14.2. The molecule has 1 unspecified atom stereocenters. The molecule has 4 nitrogen and oxygen atoms in total. The van der Waals surface area contributed by atoms with Crippen molar-refractivity contribution in [2.45, 2.75) is 10.3 Å². The number of rotatable bonds is 3. The largest absolute Gasteiger partial charge is 0.377 e. The average Bonchev–Trinajstić information content (AvgIpc) is 2.36. The number of fused-ring (bicyclic) bond motifs is 1. The van der Waals surface area contributed by atoms with Crippen LogP contribution in [0.25, 0.3) is 10.8 Å². The highest BCUT2D eigenvalue weighted by Gasteiger charge is 2.22. The molecule has 1 atom stereocenters. The third-order valence-electron chi connectivity index (χ3n) is 3.05. The molecular weight excluding hydrogens is 260 g/mol. The highest BCUT2D eigenvalue weighted by molar-refractivity contribution is 7.92. The molecular formula is C14H17N2O2S. The van der Waals surface area contributed by atoms with Crippen molar-refractivity contribution in [3.63, 3.8) is 0 Å². The van der Waals surface area contributed by atoms with Crippen molar-refractivity contribution in [2.75, 3.05) is 19.0 Å². The normalized spacial score (nSPS) is 13.5. The molecule has 2 aromatic rings. The van der Waals surface area contributed by atoms with Gasteiger partial charge in [-0.2, -0.15) is 0 Å². The van der Waals surface area contributed by atoms with E-state index >= 15 is 0 Å². The van der Waals surface area contributed by atoms with E-state index in [4.69, 9.17) is 5.73 Å². The van der Waals surface area contributed by atoms with Crippen molar-refractivity contribution in [3.8, 4) is 0 Å². The van der Waals surface area contributed by atoms with Gasteiger partial charge < -0.3 is 10.6 Å². The van der Waals surface area contributed by atoms with E-state index in [0.29, 0.717) is 5.39 Å². The van der Waals surface area contributed by atoms with Gasteiger partial charge in [-0.25, -0.2) is 8.42 Å². The number of hydrogen-bond acceptors (Lipinski definition) is 4. The second-order valence-electron chi connectivity index (χ2n) is 4.61. The molecule has 0 aliphatic heterocycles. The Kier molecular flexibility index (Phi) is 3.52. The highest BCUT2D eigenvalue weighted by Crippen LogP contribution is 2.31. The van der Waals surface area contributed by atoms with Gasteiger partial charge >= 0.3 is 0 Å². The minimum Gasteiger partial charge on any atom is -0.377 e. The lowest BCUT2D eigenvalue weighted by atomic mass is 10.1. The molecule has 101 valence electrons. The molecule has 0 aliphatic carbocycles. The van der Waals surface area contributed by atoms with Crippen LogP contribution in [-0.2, 0) is 9.84 Å². The van der Waals surface area contributed by atoms with Crippen molar-refractivity contribution in [2.24, 2.45) is 5.73 Å². The molecule has 0 heterocycles. The van der Waals surface area contributed by atoms with Crippen molar-refractivity contribution >= 4 is 26.3 Å². The van der Waals surface area contributed by atoms with Crippen LogP contribution in [0.4, 0.5) is 5.69 Å². The summed E-state index contributed by atoms with van der Waals surface area (Å²) in [6.07, 6.45) is 0. The quantitative estimate of drug-likeness (QED) is 0.929. The second kappa shape index (κ2) is 4.83. The first kappa shape index (κ1) is 13.8. The van der Waals surface area contributed by atoms with Gasteiger partial charge in [-0.05, 0) is 19.1 Å². The summed E-state index contributed by atoms with van der Waals surface area (Å²) in [7, 11) is 0.242. The van der Waals surface area contributed by atoms with E-state index < -0.39 is 15.2 Å². The van der Waals surface area contributed by atoms with Crippen LogP contribution in [0.2, 0.25) is 0 Å². The molecule has 0 bridgehead atoms. The van der Waals surface area contributed by atoms with E-state index in [1.807, 2.05) is 37.2 Å². The predicted octanol–water partition coefficient (Wildman–Crippen LogP) is 1.80. The summed E-state index contributed by atoms with van der Waals surface area (Å²) < 4.78 is 24.5. The number of hydrogen-bond donors (Lipinski definition) is 1. The van der Waals surface area contributed by atoms with Gasteiger partial charge in [0.15, 0.2) is 9.84 Å². The van der Waals surface area contributed by atoms with Crippen molar-refractivity contribution < 1.29 is 8.42 Å². The van der Waals surface area contributed by atoms with Crippen molar-refractivity contribution in [1.82, 2.24) is 0 Å². The zero-order valence-corrected chi connectivity index (χ0v) is 11.8. The van der Waals surface area contributed by atoms with Gasteiger partial charge in [0.2, 0.25) is 0 Å². The molecule has 0 saturated heterocycles. The molecule has 0 amide bonds.